The van der Waals surface area contributed by atoms with Crippen LogP contribution in [0.4, 0.5) is 18.0 Å². The van der Waals surface area contributed by atoms with Gasteiger partial charge in [0.2, 0.25) is 0 Å². The van der Waals surface area contributed by atoms with E-state index < -0.39 is 23.9 Å². The van der Waals surface area contributed by atoms with Gasteiger partial charge in [0.25, 0.3) is 0 Å². The van der Waals surface area contributed by atoms with Crippen molar-refractivity contribution in [1.29, 1.82) is 0 Å². The maximum atomic E-state index is 12.3. The van der Waals surface area contributed by atoms with Gasteiger partial charge in [-0.1, -0.05) is 29.8 Å². The Labute approximate surface area is 127 Å². The van der Waals surface area contributed by atoms with Crippen LogP contribution in [0.5, 0.6) is 5.75 Å². The summed E-state index contributed by atoms with van der Waals surface area (Å²) in [7, 11) is 0. The van der Waals surface area contributed by atoms with Crippen LogP contribution in [0.15, 0.2) is 22.7 Å². The average Bonchev–Trinajstić information content (AvgIpc) is 2.29. The van der Waals surface area contributed by atoms with Gasteiger partial charge in [-0.15, -0.1) is 13.2 Å². The second kappa shape index (κ2) is 5.40. The van der Waals surface area contributed by atoms with Crippen LogP contribution in [-0.4, -0.2) is 19.1 Å². The number of carbonyl (C=O) groups excluding carboxylic acids is 1. The van der Waals surface area contributed by atoms with Gasteiger partial charge in [-0.2, -0.15) is 0 Å². The van der Waals surface area contributed by atoms with Gasteiger partial charge in [-0.25, -0.2) is 4.79 Å². The van der Waals surface area contributed by atoms with E-state index in [1.165, 1.54) is 12.1 Å². The number of benzene rings is 1. The van der Waals surface area contributed by atoms with Gasteiger partial charge in [-0.05, 0) is 23.8 Å². The molecule has 0 saturated carbocycles. The smallest absolute Gasteiger partial charge is 0.449 e. The third kappa shape index (κ3) is 4.03. The molecule has 1 atom stereocenters. The van der Waals surface area contributed by atoms with Crippen molar-refractivity contribution in [2.75, 3.05) is 6.61 Å². The standard InChI is InChI=1S/C13H13BrF3NO3/c1-12(2)6-20-11(19)18-10(12)7-3-8(14)5-9(4-7)21-13(15,16)17/h3-5,10H,6H2,1-2H3,(H,18,19)/t10-/m0/s1. The molecule has 1 saturated heterocycles. The first-order valence-corrected chi connectivity index (χ1v) is 6.86. The number of cyclic esters (lactones) is 1. The Kier molecular flexibility index (Phi) is 4.10. The molecule has 0 spiro atoms. The van der Waals surface area contributed by atoms with E-state index in [2.05, 4.69) is 26.0 Å². The normalized spacial score (nSPS) is 21.4. The highest BCUT2D eigenvalue weighted by Crippen LogP contribution is 2.39. The van der Waals surface area contributed by atoms with Crippen LogP contribution in [0.2, 0.25) is 0 Å². The Morgan fingerprint density at radius 3 is 2.67 bits per heavy atom. The number of alkyl carbamates (subject to hydrolysis) is 1. The second-order valence-corrected chi connectivity index (χ2v) is 6.33. The molecule has 21 heavy (non-hydrogen) atoms. The van der Waals surface area contributed by atoms with Gasteiger partial charge in [0, 0.05) is 9.89 Å². The maximum absolute atomic E-state index is 12.3. The van der Waals surface area contributed by atoms with Gasteiger partial charge in [-0.3, -0.25) is 0 Å². The number of amides is 1. The molecule has 1 aromatic rings. The van der Waals surface area contributed by atoms with E-state index in [0.29, 0.717) is 10.0 Å². The highest BCUT2D eigenvalue weighted by atomic mass is 79.9. The summed E-state index contributed by atoms with van der Waals surface area (Å²) in [4.78, 5) is 11.4. The van der Waals surface area contributed by atoms with Gasteiger partial charge in [0.1, 0.15) is 12.4 Å². The fourth-order valence-corrected chi connectivity index (χ4v) is 2.66. The lowest BCUT2D eigenvalue weighted by Crippen LogP contribution is -2.46. The van der Waals surface area contributed by atoms with Crippen molar-refractivity contribution >= 4 is 22.0 Å². The average molecular weight is 368 g/mol. The van der Waals surface area contributed by atoms with Crippen molar-refractivity contribution in [2.24, 2.45) is 5.41 Å². The number of rotatable bonds is 2. The zero-order valence-electron chi connectivity index (χ0n) is 11.3. The molecule has 1 fully saturated rings. The number of carbonyl (C=O) groups is 1. The lowest BCUT2D eigenvalue weighted by atomic mass is 9.80. The van der Waals surface area contributed by atoms with Crippen molar-refractivity contribution in [1.82, 2.24) is 5.32 Å². The highest BCUT2D eigenvalue weighted by Gasteiger charge is 2.38. The van der Waals surface area contributed by atoms with Gasteiger partial charge >= 0.3 is 12.5 Å². The van der Waals surface area contributed by atoms with Crippen molar-refractivity contribution in [2.45, 2.75) is 26.3 Å². The first-order chi connectivity index (χ1) is 9.57. The molecule has 8 heteroatoms. The monoisotopic (exact) mass is 367 g/mol. The van der Waals surface area contributed by atoms with Gasteiger partial charge < -0.3 is 14.8 Å². The van der Waals surface area contributed by atoms with Crippen LogP contribution in [0.1, 0.15) is 25.5 Å². The van der Waals surface area contributed by atoms with Crippen LogP contribution in [0, 0.1) is 5.41 Å². The number of halogens is 4. The molecule has 1 heterocycles. The van der Waals surface area contributed by atoms with Crippen molar-refractivity contribution in [3.63, 3.8) is 0 Å². The Bertz CT molecular complexity index is 560. The van der Waals surface area contributed by atoms with Crippen LogP contribution >= 0.6 is 15.9 Å². The Morgan fingerprint density at radius 2 is 2.05 bits per heavy atom. The fraction of sp³-hybridized carbons (Fsp3) is 0.462. The van der Waals surface area contributed by atoms with Crippen LogP contribution in [-0.2, 0) is 4.74 Å². The van der Waals surface area contributed by atoms with Crippen molar-refractivity contribution in [3.05, 3.63) is 28.2 Å². The van der Waals surface area contributed by atoms with E-state index in [9.17, 15) is 18.0 Å². The summed E-state index contributed by atoms with van der Waals surface area (Å²) in [6, 6.07) is 3.63. The predicted molar refractivity (Wildman–Crippen MR) is 71.8 cm³/mol. The lowest BCUT2D eigenvalue weighted by molar-refractivity contribution is -0.274. The van der Waals surface area contributed by atoms with E-state index in [0.717, 1.165) is 0 Å². The van der Waals surface area contributed by atoms with Gasteiger partial charge in [0.15, 0.2) is 0 Å². The molecule has 116 valence electrons. The van der Waals surface area contributed by atoms with Crippen molar-refractivity contribution in [3.8, 4) is 5.75 Å². The molecule has 2 rings (SSSR count). The zero-order valence-corrected chi connectivity index (χ0v) is 12.8. The minimum Gasteiger partial charge on any atom is -0.449 e. The molecule has 1 aromatic carbocycles. The van der Waals surface area contributed by atoms with E-state index in [4.69, 9.17) is 4.74 Å². The summed E-state index contributed by atoms with van der Waals surface area (Å²) in [6.45, 7) is 3.87. The molecule has 0 radical (unpaired) electrons. The van der Waals surface area contributed by atoms with E-state index in [1.54, 1.807) is 6.07 Å². The second-order valence-electron chi connectivity index (χ2n) is 5.41. The number of ether oxygens (including phenoxy) is 2. The number of nitrogens with one attached hydrogen (secondary N) is 1. The molecule has 4 nitrogen and oxygen atoms in total. The summed E-state index contributed by atoms with van der Waals surface area (Å²) in [6.07, 6.45) is -5.37. The van der Waals surface area contributed by atoms with E-state index >= 15 is 0 Å². The van der Waals surface area contributed by atoms with Crippen LogP contribution in [0.25, 0.3) is 0 Å². The molecule has 1 amide bonds. The minimum atomic E-state index is -4.77. The predicted octanol–water partition coefficient (Wildman–Crippen LogP) is 4.15. The maximum Gasteiger partial charge on any atom is 0.573 e. The van der Waals surface area contributed by atoms with Crippen LogP contribution in [0.3, 0.4) is 0 Å². The van der Waals surface area contributed by atoms with E-state index in [1.807, 2.05) is 13.8 Å². The van der Waals surface area contributed by atoms with Crippen LogP contribution < -0.4 is 10.1 Å². The number of alkyl halides is 3. The first kappa shape index (κ1) is 15.9. The lowest BCUT2D eigenvalue weighted by Gasteiger charge is -2.38. The SMILES string of the molecule is CC1(C)COC(=O)N[C@H]1c1cc(Br)cc(OC(F)(F)F)c1. The number of hydrogen-bond donors (Lipinski definition) is 1. The first-order valence-electron chi connectivity index (χ1n) is 6.06. The third-order valence-corrected chi connectivity index (χ3v) is 3.54. The fourth-order valence-electron chi connectivity index (χ4n) is 2.17. The third-order valence-electron chi connectivity index (χ3n) is 3.08. The molecule has 0 aliphatic carbocycles. The molecular formula is C13H13BrF3NO3. The zero-order chi connectivity index (χ0) is 15.8. The number of hydrogen-bond acceptors (Lipinski definition) is 3. The minimum absolute atomic E-state index is 0.172. The Morgan fingerprint density at radius 1 is 1.38 bits per heavy atom. The quantitative estimate of drug-likeness (QED) is 0.853. The largest absolute Gasteiger partial charge is 0.573 e. The molecule has 0 bridgehead atoms. The van der Waals surface area contributed by atoms with E-state index in [-0.39, 0.29) is 12.4 Å². The summed E-state index contributed by atoms with van der Waals surface area (Å²) in [5, 5.41) is 2.62. The molecular weight excluding hydrogens is 355 g/mol. The van der Waals surface area contributed by atoms with Gasteiger partial charge in [0.05, 0.1) is 6.04 Å². The summed E-state index contributed by atoms with van der Waals surface area (Å²) >= 11 is 3.15. The van der Waals surface area contributed by atoms with Crippen molar-refractivity contribution < 1.29 is 27.4 Å². The summed E-state index contributed by atoms with van der Waals surface area (Å²) in [5.74, 6) is -0.344. The molecule has 1 aliphatic heterocycles. The summed E-state index contributed by atoms with van der Waals surface area (Å²) in [5.41, 5.74) is 0.0368. The molecule has 0 unspecified atom stereocenters. The Balaban J connectivity index is 2.36. The highest BCUT2D eigenvalue weighted by molar-refractivity contribution is 9.10. The molecule has 1 aliphatic rings. The molecule has 0 aromatic heterocycles. The molecule has 1 N–H and O–H groups in total. The Hall–Kier alpha value is -1.44. The summed E-state index contributed by atoms with van der Waals surface area (Å²) < 4.78 is 46.3. The topological polar surface area (TPSA) is 47.6 Å².